The lowest BCUT2D eigenvalue weighted by molar-refractivity contribution is -0.142. The number of amides is 1. The molecule has 1 amide bonds. The predicted molar refractivity (Wildman–Crippen MR) is 91.4 cm³/mol. The molecule has 1 aromatic carbocycles. The van der Waals surface area contributed by atoms with Crippen molar-refractivity contribution in [2.45, 2.75) is 19.5 Å². The minimum Gasteiger partial charge on any atom is -0.497 e. The molecule has 28 heavy (non-hydrogen) atoms. The summed E-state index contributed by atoms with van der Waals surface area (Å²) in [6, 6.07) is 6.19. The lowest BCUT2D eigenvalue weighted by Gasteiger charge is -2.27. The van der Waals surface area contributed by atoms with Gasteiger partial charge < -0.3 is 14.4 Å². The maximum absolute atomic E-state index is 13.5. The van der Waals surface area contributed by atoms with Crippen molar-refractivity contribution < 1.29 is 32.2 Å². The first kappa shape index (κ1) is 19.7. The summed E-state index contributed by atoms with van der Waals surface area (Å²) >= 11 is 0. The van der Waals surface area contributed by atoms with E-state index in [2.05, 4.69) is 5.10 Å². The maximum atomic E-state index is 13.5. The molecule has 1 aliphatic heterocycles. The molecule has 1 aromatic heterocycles. The zero-order chi connectivity index (χ0) is 20.5. The number of fused-ring (bicyclic) bond motifs is 1. The highest BCUT2D eigenvalue weighted by atomic mass is 19.4. The van der Waals surface area contributed by atoms with Gasteiger partial charge in [-0.15, -0.1) is 0 Å². The third-order valence-electron chi connectivity index (χ3n) is 4.36. The Kier molecular flexibility index (Phi) is 5.30. The van der Waals surface area contributed by atoms with Crippen molar-refractivity contribution in [2.24, 2.45) is 0 Å². The topological polar surface area (TPSA) is 73.7 Å². The number of alkyl halides is 3. The van der Waals surface area contributed by atoms with Crippen molar-refractivity contribution >= 4 is 11.9 Å². The summed E-state index contributed by atoms with van der Waals surface area (Å²) in [5.41, 5.74) is -1.02. The van der Waals surface area contributed by atoms with Crippen LogP contribution in [0.15, 0.2) is 24.3 Å². The lowest BCUT2D eigenvalue weighted by atomic mass is 10.0. The Morgan fingerprint density at radius 1 is 1.25 bits per heavy atom. The first-order chi connectivity index (χ1) is 13.2. The molecule has 0 bridgehead atoms. The first-order valence-electron chi connectivity index (χ1n) is 8.48. The SMILES string of the molecule is COc1ccc(-n2nc(C(F)(F)F)c3c2C(=O)N(CCOC(C)=O)CC3)cc1. The van der Waals surface area contributed by atoms with Crippen LogP contribution in [0.25, 0.3) is 5.69 Å². The second-order valence-corrected chi connectivity index (χ2v) is 6.17. The molecular weight excluding hydrogens is 379 g/mol. The molecule has 0 radical (unpaired) electrons. The molecule has 0 fully saturated rings. The van der Waals surface area contributed by atoms with Crippen LogP contribution in [-0.4, -0.2) is 53.4 Å². The molecule has 150 valence electrons. The average molecular weight is 397 g/mol. The molecule has 0 N–H and O–H groups in total. The summed E-state index contributed by atoms with van der Waals surface area (Å²) < 4.78 is 51.3. The number of benzene rings is 1. The summed E-state index contributed by atoms with van der Waals surface area (Å²) in [6.07, 6.45) is -4.67. The second-order valence-electron chi connectivity index (χ2n) is 6.17. The normalized spacial score (nSPS) is 14.0. The largest absolute Gasteiger partial charge is 0.497 e. The minimum atomic E-state index is -4.68. The predicted octanol–water partition coefficient (Wildman–Crippen LogP) is 2.46. The van der Waals surface area contributed by atoms with E-state index in [1.807, 2.05) is 0 Å². The van der Waals surface area contributed by atoms with E-state index < -0.39 is 23.7 Å². The van der Waals surface area contributed by atoms with Crippen LogP contribution in [0.4, 0.5) is 13.2 Å². The quantitative estimate of drug-likeness (QED) is 0.725. The van der Waals surface area contributed by atoms with E-state index in [4.69, 9.17) is 9.47 Å². The van der Waals surface area contributed by atoms with E-state index >= 15 is 0 Å². The van der Waals surface area contributed by atoms with Gasteiger partial charge in [-0.05, 0) is 30.7 Å². The van der Waals surface area contributed by atoms with E-state index in [0.717, 1.165) is 4.68 Å². The van der Waals surface area contributed by atoms with Gasteiger partial charge in [-0.25, -0.2) is 4.68 Å². The number of ether oxygens (including phenoxy) is 2. The van der Waals surface area contributed by atoms with Crippen LogP contribution in [0.1, 0.15) is 28.7 Å². The van der Waals surface area contributed by atoms with Gasteiger partial charge >= 0.3 is 12.1 Å². The Balaban J connectivity index is 2.01. The summed E-state index contributed by atoms with van der Waals surface area (Å²) in [5, 5.41) is 3.70. The van der Waals surface area contributed by atoms with E-state index in [0.29, 0.717) is 11.4 Å². The van der Waals surface area contributed by atoms with Crippen molar-refractivity contribution in [1.29, 1.82) is 0 Å². The molecule has 0 saturated carbocycles. The average Bonchev–Trinajstić information content (AvgIpc) is 3.04. The van der Waals surface area contributed by atoms with Crippen LogP contribution < -0.4 is 4.74 Å². The molecule has 0 unspecified atom stereocenters. The van der Waals surface area contributed by atoms with Crippen molar-refractivity contribution in [2.75, 3.05) is 26.8 Å². The Labute approximate surface area is 158 Å². The number of carbonyl (C=O) groups excluding carboxylic acids is 2. The highest BCUT2D eigenvalue weighted by molar-refractivity contribution is 5.96. The van der Waals surface area contributed by atoms with Gasteiger partial charge in [0.2, 0.25) is 0 Å². The molecule has 2 heterocycles. The molecule has 3 rings (SSSR count). The number of hydrogen-bond acceptors (Lipinski definition) is 5. The van der Waals surface area contributed by atoms with Crippen LogP contribution in [0.5, 0.6) is 5.75 Å². The Bertz CT molecular complexity index is 891. The number of carbonyl (C=O) groups is 2. The lowest BCUT2D eigenvalue weighted by Crippen LogP contribution is -2.41. The summed E-state index contributed by atoms with van der Waals surface area (Å²) in [6.45, 7) is 1.39. The molecule has 0 atom stereocenters. The van der Waals surface area contributed by atoms with Gasteiger partial charge in [0.25, 0.3) is 5.91 Å². The number of esters is 1. The minimum absolute atomic E-state index is 0.00609. The van der Waals surface area contributed by atoms with Crippen LogP contribution in [-0.2, 0) is 22.1 Å². The fraction of sp³-hybridized carbons (Fsp3) is 0.389. The van der Waals surface area contributed by atoms with E-state index in [1.54, 1.807) is 12.1 Å². The Morgan fingerprint density at radius 3 is 2.50 bits per heavy atom. The zero-order valence-corrected chi connectivity index (χ0v) is 15.2. The number of hydrogen-bond donors (Lipinski definition) is 0. The van der Waals surface area contributed by atoms with Crippen LogP contribution in [0, 0.1) is 0 Å². The van der Waals surface area contributed by atoms with Crippen LogP contribution >= 0.6 is 0 Å². The number of aromatic nitrogens is 2. The fourth-order valence-electron chi connectivity index (χ4n) is 3.06. The van der Waals surface area contributed by atoms with Gasteiger partial charge in [0.1, 0.15) is 18.1 Å². The Hall–Kier alpha value is -3.04. The summed E-state index contributed by atoms with van der Waals surface area (Å²) in [4.78, 5) is 25.1. The van der Waals surface area contributed by atoms with Crippen molar-refractivity contribution in [3.8, 4) is 11.4 Å². The molecule has 10 heteroatoms. The van der Waals surface area contributed by atoms with E-state index in [1.165, 1.54) is 31.1 Å². The van der Waals surface area contributed by atoms with E-state index in [9.17, 15) is 22.8 Å². The Morgan fingerprint density at radius 2 is 1.93 bits per heavy atom. The summed E-state index contributed by atoms with van der Waals surface area (Å²) in [5.74, 6) is -0.560. The monoisotopic (exact) mass is 397 g/mol. The molecular formula is C18H18F3N3O4. The highest BCUT2D eigenvalue weighted by Crippen LogP contribution is 2.36. The maximum Gasteiger partial charge on any atom is 0.435 e. The van der Waals surface area contributed by atoms with Crippen molar-refractivity contribution in [1.82, 2.24) is 14.7 Å². The number of rotatable bonds is 5. The number of methoxy groups -OCH3 is 1. The van der Waals surface area contributed by atoms with Gasteiger partial charge in [0, 0.05) is 19.0 Å². The summed E-state index contributed by atoms with van der Waals surface area (Å²) in [7, 11) is 1.47. The van der Waals surface area contributed by atoms with Crippen molar-refractivity contribution in [3.63, 3.8) is 0 Å². The molecule has 0 spiro atoms. The molecule has 1 aliphatic rings. The van der Waals surface area contributed by atoms with Gasteiger partial charge in [-0.2, -0.15) is 18.3 Å². The number of nitrogens with zero attached hydrogens (tertiary/aromatic N) is 3. The molecule has 2 aromatic rings. The van der Waals surface area contributed by atoms with Gasteiger partial charge in [-0.3, -0.25) is 9.59 Å². The highest BCUT2D eigenvalue weighted by Gasteiger charge is 2.43. The van der Waals surface area contributed by atoms with Gasteiger partial charge in [0.05, 0.1) is 19.3 Å². The number of halogens is 3. The van der Waals surface area contributed by atoms with Crippen LogP contribution in [0.2, 0.25) is 0 Å². The third-order valence-corrected chi connectivity index (χ3v) is 4.36. The van der Waals surface area contributed by atoms with Gasteiger partial charge in [0.15, 0.2) is 5.69 Å². The molecule has 0 saturated heterocycles. The fourth-order valence-corrected chi connectivity index (χ4v) is 3.06. The van der Waals surface area contributed by atoms with Crippen LogP contribution in [0.3, 0.4) is 0 Å². The smallest absolute Gasteiger partial charge is 0.435 e. The standard InChI is InChI=1S/C18H18F3N3O4/c1-11(25)28-10-9-23-8-7-14-15(17(23)26)24(22-16(14)18(19,20)21)12-3-5-13(27-2)6-4-12/h3-6H,7-10H2,1-2H3. The van der Waals surface area contributed by atoms with Crippen molar-refractivity contribution in [3.05, 3.63) is 41.2 Å². The third kappa shape index (κ3) is 3.80. The van der Waals surface area contributed by atoms with Gasteiger partial charge in [-0.1, -0.05) is 0 Å². The first-order valence-corrected chi connectivity index (χ1v) is 8.48. The molecule has 0 aliphatic carbocycles. The zero-order valence-electron chi connectivity index (χ0n) is 15.2. The second kappa shape index (κ2) is 7.53. The van der Waals surface area contributed by atoms with E-state index in [-0.39, 0.29) is 37.4 Å². The molecule has 7 nitrogen and oxygen atoms in total.